The summed E-state index contributed by atoms with van der Waals surface area (Å²) in [5.41, 5.74) is 1.50. The summed E-state index contributed by atoms with van der Waals surface area (Å²) in [7, 11) is 1.54. The topological polar surface area (TPSA) is 86.4 Å². The molecule has 3 aromatic rings. The molecular weight excluding hydrogens is 322 g/mol. The number of carbonyl (C=O) groups is 1. The summed E-state index contributed by atoms with van der Waals surface area (Å²) in [4.78, 5) is 28.9. The maximum Gasteiger partial charge on any atom is 0.264 e. The van der Waals surface area contributed by atoms with Crippen molar-refractivity contribution in [1.82, 2.24) is 9.55 Å². The minimum atomic E-state index is -0.211. The maximum atomic E-state index is 12.5. The van der Waals surface area contributed by atoms with Crippen LogP contribution >= 0.6 is 0 Å². The van der Waals surface area contributed by atoms with Crippen LogP contribution in [0.15, 0.2) is 39.8 Å². The van der Waals surface area contributed by atoms with E-state index in [2.05, 4.69) is 10.3 Å². The molecule has 0 fully saturated rings. The Balaban J connectivity index is 1.74. The zero-order valence-electron chi connectivity index (χ0n) is 14.3. The summed E-state index contributed by atoms with van der Waals surface area (Å²) in [5.74, 6) is 1.04. The molecule has 0 aliphatic heterocycles. The average Bonchev–Trinajstić information content (AvgIpc) is 2.90. The number of para-hydroxylation sites is 2. The molecule has 0 radical (unpaired) electrons. The van der Waals surface area contributed by atoms with E-state index in [1.807, 2.05) is 19.1 Å². The van der Waals surface area contributed by atoms with Gasteiger partial charge < -0.3 is 14.5 Å². The summed E-state index contributed by atoms with van der Waals surface area (Å²) in [6.45, 7) is 3.84. The van der Waals surface area contributed by atoms with E-state index in [0.29, 0.717) is 28.3 Å². The Morgan fingerprint density at radius 2 is 2.08 bits per heavy atom. The van der Waals surface area contributed by atoms with Gasteiger partial charge in [-0.05, 0) is 26.0 Å². The molecule has 1 aromatic carbocycles. The van der Waals surface area contributed by atoms with Gasteiger partial charge >= 0.3 is 0 Å². The summed E-state index contributed by atoms with van der Waals surface area (Å²) in [6, 6.07) is 7.16. The predicted molar refractivity (Wildman–Crippen MR) is 94.0 cm³/mol. The van der Waals surface area contributed by atoms with E-state index in [-0.39, 0.29) is 24.4 Å². The van der Waals surface area contributed by atoms with Crippen LogP contribution in [0.2, 0.25) is 0 Å². The highest BCUT2D eigenvalue weighted by molar-refractivity contribution is 5.92. The molecule has 0 unspecified atom stereocenters. The van der Waals surface area contributed by atoms with Crippen molar-refractivity contribution in [2.75, 3.05) is 12.4 Å². The number of ether oxygens (including phenoxy) is 1. The summed E-state index contributed by atoms with van der Waals surface area (Å²) < 4.78 is 12.1. The first-order valence-electron chi connectivity index (χ1n) is 7.89. The van der Waals surface area contributed by atoms with Gasteiger partial charge in [0, 0.05) is 18.5 Å². The zero-order chi connectivity index (χ0) is 18.0. The number of nitrogens with zero attached hydrogens (tertiary/aromatic N) is 2. The third-order valence-electron chi connectivity index (χ3n) is 4.12. The normalized spacial score (nSPS) is 10.8. The van der Waals surface area contributed by atoms with Gasteiger partial charge in [0.25, 0.3) is 5.56 Å². The first kappa shape index (κ1) is 16.8. The number of hydrogen-bond acceptors (Lipinski definition) is 5. The Morgan fingerprint density at radius 1 is 1.32 bits per heavy atom. The van der Waals surface area contributed by atoms with Crippen molar-refractivity contribution in [2.24, 2.45) is 0 Å². The van der Waals surface area contributed by atoms with E-state index in [1.165, 1.54) is 10.9 Å². The smallest absolute Gasteiger partial charge is 0.264 e. The summed E-state index contributed by atoms with van der Waals surface area (Å²) in [6.07, 6.45) is 1.55. The second-order valence-electron chi connectivity index (χ2n) is 5.70. The van der Waals surface area contributed by atoms with Crippen LogP contribution in [0.3, 0.4) is 0 Å². The third kappa shape index (κ3) is 3.26. The van der Waals surface area contributed by atoms with Crippen molar-refractivity contribution in [2.45, 2.75) is 26.8 Å². The van der Waals surface area contributed by atoms with Gasteiger partial charge in [-0.25, -0.2) is 4.98 Å². The Labute approximate surface area is 144 Å². The van der Waals surface area contributed by atoms with Gasteiger partial charge in [-0.1, -0.05) is 12.1 Å². The van der Waals surface area contributed by atoms with Gasteiger partial charge in [0.05, 0.1) is 12.8 Å². The van der Waals surface area contributed by atoms with E-state index in [1.54, 1.807) is 26.2 Å². The Bertz CT molecular complexity index is 988. The molecule has 0 aliphatic carbocycles. The molecule has 25 heavy (non-hydrogen) atoms. The molecule has 0 bridgehead atoms. The van der Waals surface area contributed by atoms with E-state index < -0.39 is 0 Å². The predicted octanol–water partition coefficient (Wildman–Crippen LogP) is 2.64. The van der Waals surface area contributed by atoms with Crippen LogP contribution in [0.1, 0.15) is 17.7 Å². The molecule has 2 aromatic heterocycles. The van der Waals surface area contributed by atoms with Gasteiger partial charge in [0.15, 0.2) is 0 Å². The maximum absolute atomic E-state index is 12.5. The lowest BCUT2D eigenvalue weighted by Crippen LogP contribution is -2.23. The number of rotatable bonds is 5. The zero-order valence-corrected chi connectivity index (χ0v) is 14.3. The molecule has 0 atom stereocenters. The number of aromatic nitrogens is 2. The number of hydrogen-bond donors (Lipinski definition) is 1. The molecule has 0 saturated carbocycles. The third-order valence-corrected chi connectivity index (χ3v) is 4.12. The van der Waals surface area contributed by atoms with Crippen LogP contribution in [-0.2, 0) is 11.3 Å². The molecule has 3 rings (SSSR count). The fourth-order valence-electron chi connectivity index (χ4n) is 2.61. The van der Waals surface area contributed by atoms with Gasteiger partial charge in [-0.2, -0.15) is 0 Å². The SMILES string of the molecule is COc1ccccc1NC(=O)CCn1cnc2oc(C)c(C)c2c1=O. The van der Waals surface area contributed by atoms with Crippen molar-refractivity contribution in [3.63, 3.8) is 0 Å². The lowest BCUT2D eigenvalue weighted by atomic mass is 10.2. The number of nitrogens with one attached hydrogen (secondary N) is 1. The average molecular weight is 341 g/mol. The molecule has 0 spiro atoms. The van der Waals surface area contributed by atoms with Crippen molar-refractivity contribution >= 4 is 22.7 Å². The minimum Gasteiger partial charge on any atom is -0.495 e. The number of furan rings is 1. The molecule has 1 amide bonds. The fourth-order valence-corrected chi connectivity index (χ4v) is 2.61. The quantitative estimate of drug-likeness (QED) is 0.771. The second-order valence-corrected chi connectivity index (χ2v) is 5.70. The van der Waals surface area contributed by atoms with Crippen molar-refractivity contribution < 1.29 is 13.9 Å². The number of benzene rings is 1. The Kier molecular flexibility index (Phi) is 4.56. The minimum absolute atomic E-state index is 0.140. The Morgan fingerprint density at radius 3 is 2.84 bits per heavy atom. The van der Waals surface area contributed by atoms with Crippen molar-refractivity contribution in [1.29, 1.82) is 0 Å². The van der Waals surface area contributed by atoms with Gasteiger partial charge in [0.2, 0.25) is 11.6 Å². The molecule has 0 aliphatic rings. The van der Waals surface area contributed by atoms with Crippen LogP contribution in [0, 0.1) is 13.8 Å². The van der Waals surface area contributed by atoms with Crippen LogP contribution in [0.5, 0.6) is 5.75 Å². The number of amides is 1. The van der Waals surface area contributed by atoms with Crippen molar-refractivity contribution in [3.8, 4) is 5.75 Å². The van der Waals surface area contributed by atoms with Crippen LogP contribution in [0.4, 0.5) is 5.69 Å². The van der Waals surface area contributed by atoms with E-state index in [4.69, 9.17) is 9.15 Å². The highest BCUT2D eigenvalue weighted by atomic mass is 16.5. The van der Waals surface area contributed by atoms with Gasteiger partial charge in [-0.3, -0.25) is 14.2 Å². The number of carbonyl (C=O) groups excluding carboxylic acids is 1. The van der Waals surface area contributed by atoms with E-state index in [0.717, 1.165) is 5.56 Å². The van der Waals surface area contributed by atoms with Gasteiger partial charge in [-0.15, -0.1) is 0 Å². The molecule has 7 nitrogen and oxygen atoms in total. The fraction of sp³-hybridized carbons (Fsp3) is 0.278. The first-order chi connectivity index (χ1) is 12.0. The van der Waals surface area contributed by atoms with Crippen LogP contribution < -0.4 is 15.6 Å². The van der Waals surface area contributed by atoms with Crippen LogP contribution in [-0.4, -0.2) is 22.6 Å². The monoisotopic (exact) mass is 341 g/mol. The Hall–Kier alpha value is -3.09. The highest BCUT2D eigenvalue weighted by Crippen LogP contribution is 2.23. The molecular formula is C18H19N3O4. The number of fused-ring (bicyclic) bond motifs is 1. The van der Waals surface area contributed by atoms with E-state index >= 15 is 0 Å². The molecule has 1 N–H and O–H groups in total. The standard InChI is InChI=1S/C18H19N3O4/c1-11-12(2)25-17-16(11)18(23)21(10-19-17)9-8-15(22)20-13-6-4-5-7-14(13)24-3/h4-7,10H,8-9H2,1-3H3,(H,20,22). The summed E-state index contributed by atoms with van der Waals surface area (Å²) in [5, 5.41) is 3.25. The number of anilines is 1. The van der Waals surface area contributed by atoms with Crippen LogP contribution in [0.25, 0.3) is 11.1 Å². The lowest BCUT2D eigenvalue weighted by Gasteiger charge is -2.10. The van der Waals surface area contributed by atoms with Crippen molar-refractivity contribution in [3.05, 3.63) is 52.3 Å². The molecule has 130 valence electrons. The lowest BCUT2D eigenvalue weighted by molar-refractivity contribution is -0.116. The van der Waals surface area contributed by atoms with Gasteiger partial charge in [0.1, 0.15) is 23.2 Å². The molecule has 7 heteroatoms. The second kappa shape index (κ2) is 6.80. The molecule has 2 heterocycles. The number of methoxy groups -OCH3 is 1. The highest BCUT2D eigenvalue weighted by Gasteiger charge is 2.14. The largest absolute Gasteiger partial charge is 0.495 e. The summed E-state index contributed by atoms with van der Waals surface area (Å²) >= 11 is 0. The first-order valence-corrected chi connectivity index (χ1v) is 7.89. The van der Waals surface area contributed by atoms with E-state index in [9.17, 15) is 9.59 Å². The molecule has 0 saturated heterocycles. The number of aryl methyl sites for hydroxylation is 3.